The molecule has 0 amide bonds. The Morgan fingerprint density at radius 3 is 0.470 bits per heavy atom. The lowest BCUT2D eigenvalue weighted by Gasteiger charge is -2.26. The van der Waals surface area contributed by atoms with Crippen LogP contribution >= 0.6 is 0 Å². The van der Waals surface area contributed by atoms with Gasteiger partial charge in [-0.1, -0.05) is 495 Å². The molecule has 132 heavy (non-hydrogen) atoms. The highest BCUT2D eigenvalue weighted by Crippen LogP contribution is 2.59. The van der Waals surface area contributed by atoms with E-state index in [2.05, 4.69) is 515 Å². The number of hydrogen-bond acceptors (Lipinski definition) is 0. The molecule has 624 valence electrons. The van der Waals surface area contributed by atoms with E-state index in [-0.39, 0.29) is 0 Å². The first-order valence-corrected chi connectivity index (χ1v) is 46.1. The lowest BCUT2D eigenvalue weighted by atomic mass is 9.77. The van der Waals surface area contributed by atoms with E-state index >= 15 is 0 Å². The largest absolute Gasteiger partial charge is 0.0622 e. The van der Waals surface area contributed by atoms with Crippen LogP contribution in [0.3, 0.4) is 0 Å². The van der Waals surface area contributed by atoms with Gasteiger partial charge in [-0.25, -0.2) is 0 Å². The topological polar surface area (TPSA) is 0 Å². The van der Waals surface area contributed by atoms with E-state index in [9.17, 15) is 0 Å². The van der Waals surface area contributed by atoms with Gasteiger partial charge in [0.05, 0.1) is 0 Å². The first kappa shape index (κ1) is 81.4. The first-order valence-electron chi connectivity index (χ1n) is 46.1. The summed E-state index contributed by atoms with van der Waals surface area (Å²) in [7, 11) is 0. The molecular weight excluding hydrogens is 1590 g/mol. The zero-order chi connectivity index (χ0) is 88.9. The Balaban J connectivity index is 0.000000116. The molecule has 0 N–H and O–H groups in total. The highest BCUT2D eigenvalue weighted by atomic mass is 14.3. The van der Waals surface area contributed by atoms with Gasteiger partial charge in [0, 0.05) is 0 Å². The minimum Gasteiger partial charge on any atom is -0.0622 e. The predicted octanol–water partition coefficient (Wildman–Crippen LogP) is 37.3. The Kier molecular flexibility index (Phi) is 21.6. The van der Waals surface area contributed by atoms with Crippen LogP contribution in [0.5, 0.6) is 0 Å². The normalized spacial score (nSPS) is 11.4. The van der Waals surface area contributed by atoms with Crippen molar-refractivity contribution in [2.75, 3.05) is 0 Å². The van der Waals surface area contributed by atoms with Gasteiger partial charge in [0.15, 0.2) is 0 Å². The molecule has 0 nitrogen and oxygen atoms in total. The average Bonchev–Trinajstić information content (AvgIpc) is 0.704. The van der Waals surface area contributed by atoms with Gasteiger partial charge in [0.1, 0.15) is 0 Å². The van der Waals surface area contributed by atoms with E-state index in [1.165, 1.54) is 264 Å². The van der Waals surface area contributed by atoms with E-state index < -0.39 is 0 Å². The van der Waals surface area contributed by atoms with E-state index in [0.29, 0.717) is 0 Å². The van der Waals surface area contributed by atoms with Crippen molar-refractivity contribution in [2.24, 2.45) is 0 Å². The summed E-state index contributed by atoms with van der Waals surface area (Å²) in [4.78, 5) is 0. The van der Waals surface area contributed by atoms with Crippen molar-refractivity contribution in [3.05, 3.63) is 507 Å². The molecule has 0 fully saturated rings. The molecule has 0 unspecified atom stereocenters. The third-order valence-electron chi connectivity index (χ3n) is 27.0. The Morgan fingerprint density at radius 2 is 0.265 bits per heavy atom. The van der Waals surface area contributed by atoms with Crippen molar-refractivity contribution in [3.8, 4) is 134 Å². The monoisotopic (exact) mass is 1680 g/mol. The van der Waals surface area contributed by atoms with Crippen LogP contribution in [0, 0.1) is 41.5 Å². The van der Waals surface area contributed by atoms with E-state index in [1.807, 2.05) is 0 Å². The van der Waals surface area contributed by atoms with Crippen molar-refractivity contribution in [2.45, 2.75) is 41.5 Å². The molecule has 0 radical (unpaired) electrons. The Hall–Kier alpha value is -16.4. The second kappa shape index (κ2) is 35.0. The molecule has 0 spiro atoms. The smallest absolute Gasteiger partial charge is 0.000129 e. The fourth-order valence-electron chi connectivity index (χ4n) is 21.3. The van der Waals surface area contributed by atoms with Crippen LogP contribution in [-0.2, 0) is 0 Å². The third kappa shape index (κ3) is 14.5. The summed E-state index contributed by atoms with van der Waals surface area (Å²) in [6, 6.07) is 174. The van der Waals surface area contributed by atoms with Gasteiger partial charge in [-0.3, -0.25) is 0 Å². The SMILES string of the molecule is Cc1ccc(-c2c3ccccc3c(-c3ccc(C)cc3)c3c(-c4ccccc4)c4ccccc4c(-c4ccccc4)c23)cc1.Cc1cccc(-c2c3ccccc3c(-c3cccc(C)c3)c3c(-c4ccccc4)c4ccccc4c(-c4ccccc4)c23)c1.Cc1ccccc1-c1c2ccccc2c(-c2ccccc2C)c2c(-c3ccccc3)c3ccccc3c(-c3ccccc3)c12. The maximum atomic E-state index is 2.35. The maximum Gasteiger partial charge on any atom is -0.000129 e. The van der Waals surface area contributed by atoms with Gasteiger partial charge in [-0.2, -0.15) is 0 Å². The minimum absolute atomic E-state index is 1.23. The molecule has 24 aromatic carbocycles. The number of benzene rings is 24. The second-order valence-corrected chi connectivity index (χ2v) is 35.3. The highest BCUT2D eigenvalue weighted by Gasteiger charge is 2.31. The molecule has 0 atom stereocenters. The van der Waals surface area contributed by atoms with Crippen LogP contribution in [0.2, 0.25) is 0 Å². The first-order chi connectivity index (χ1) is 65.1. The molecule has 0 bridgehead atoms. The molecular formula is C132H96. The second-order valence-electron chi connectivity index (χ2n) is 35.3. The number of hydrogen-bond donors (Lipinski definition) is 0. The van der Waals surface area contributed by atoms with Crippen LogP contribution in [0.25, 0.3) is 230 Å². The van der Waals surface area contributed by atoms with Crippen molar-refractivity contribution in [3.63, 3.8) is 0 Å². The molecule has 0 aliphatic heterocycles. The van der Waals surface area contributed by atoms with Gasteiger partial charge in [-0.15, -0.1) is 0 Å². The molecule has 24 rings (SSSR count). The summed E-state index contributed by atoms with van der Waals surface area (Å²) in [6.45, 7) is 13.2. The van der Waals surface area contributed by atoms with Crippen LogP contribution in [0.1, 0.15) is 33.4 Å². The summed E-state index contributed by atoms with van der Waals surface area (Å²) in [5.74, 6) is 0. The predicted molar refractivity (Wildman–Crippen MR) is 571 cm³/mol. The summed E-state index contributed by atoms with van der Waals surface area (Å²) < 4.78 is 0. The summed E-state index contributed by atoms with van der Waals surface area (Å²) in [5.41, 5.74) is 37.9. The van der Waals surface area contributed by atoms with Crippen LogP contribution < -0.4 is 0 Å². The van der Waals surface area contributed by atoms with Crippen LogP contribution in [-0.4, -0.2) is 0 Å². The van der Waals surface area contributed by atoms with Gasteiger partial charge < -0.3 is 0 Å². The molecule has 0 saturated carbocycles. The zero-order valence-electron chi connectivity index (χ0n) is 75.0. The van der Waals surface area contributed by atoms with Crippen molar-refractivity contribution < 1.29 is 0 Å². The summed E-state index contributed by atoms with van der Waals surface area (Å²) >= 11 is 0. The fraction of sp³-hybridized carbons (Fsp3) is 0.0455. The molecule has 0 aromatic heterocycles. The van der Waals surface area contributed by atoms with Crippen molar-refractivity contribution in [1.29, 1.82) is 0 Å². The fourth-order valence-corrected chi connectivity index (χ4v) is 21.3. The standard InChI is InChI=1S/3C44H32/c1-29-17-9-11-23-33(29)41-37-27-15-16-28-38(37)42(34-24-12-10-18-30(34)2)44-40(32-21-7-4-8-22-32)36-26-14-13-25-35(36)39(43(41)44)31-19-5-3-6-20-31;1-29-15-13-21-33(27-29)41-37-25-11-12-26-38(37)42(34-22-14-16-30(2)28-34)44-40(32-19-7-4-8-20-32)36-24-10-9-23-35(36)39(43(41)44)31-17-5-3-6-18-31;1-29-21-25-33(26-22-29)41-37-19-11-12-20-38(37)42(34-27-23-30(2)24-28-34)44-40(32-15-7-4-8-16-32)36-18-10-9-17-35(36)39(43(41)44)31-13-5-3-6-14-31/h3*3-28H,1-2H3. The van der Waals surface area contributed by atoms with E-state index in [1.54, 1.807) is 0 Å². The lowest BCUT2D eigenvalue weighted by Crippen LogP contribution is -1.99. The van der Waals surface area contributed by atoms with Gasteiger partial charge in [0.2, 0.25) is 0 Å². The molecule has 0 aliphatic carbocycles. The van der Waals surface area contributed by atoms with Gasteiger partial charge >= 0.3 is 0 Å². The van der Waals surface area contributed by atoms with E-state index in [0.717, 1.165) is 0 Å². The van der Waals surface area contributed by atoms with Crippen molar-refractivity contribution >= 4 is 97.0 Å². The molecule has 0 heteroatoms. The molecule has 0 saturated heterocycles. The Bertz CT molecular complexity index is 8010. The van der Waals surface area contributed by atoms with Crippen molar-refractivity contribution in [1.82, 2.24) is 0 Å². The lowest BCUT2D eigenvalue weighted by molar-refractivity contribution is 1.47. The summed E-state index contributed by atoms with van der Waals surface area (Å²) in [6.07, 6.45) is 0. The van der Waals surface area contributed by atoms with Gasteiger partial charge in [0.25, 0.3) is 0 Å². The highest BCUT2D eigenvalue weighted by molar-refractivity contribution is 6.38. The van der Waals surface area contributed by atoms with Crippen LogP contribution in [0.15, 0.2) is 473 Å². The summed E-state index contributed by atoms with van der Waals surface area (Å²) in [5, 5.41) is 23.1. The average molecular weight is 1680 g/mol. The maximum absolute atomic E-state index is 2.35. The molecule has 0 heterocycles. The number of aryl methyl sites for hydroxylation is 6. The van der Waals surface area contributed by atoms with Crippen LogP contribution in [0.4, 0.5) is 0 Å². The third-order valence-corrected chi connectivity index (χ3v) is 27.0. The van der Waals surface area contributed by atoms with E-state index in [4.69, 9.17) is 0 Å². The Labute approximate surface area is 773 Å². The number of fused-ring (bicyclic) bond motifs is 9. The Morgan fingerprint density at radius 1 is 0.106 bits per heavy atom. The molecule has 0 aliphatic rings. The van der Waals surface area contributed by atoms with Gasteiger partial charge in [-0.05, 0) is 283 Å². The molecule has 24 aromatic rings. The zero-order valence-corrected chi connectivity index (χ0v) is 75.0. The quantitative estimate of drug-likeness (QED) is 0.107. The number of rotatable bonds is 12. The minimum atomic E-state index is 1.23.